The molecular weight excluding hydrogens is 234 g/mol. The molecule has 0 aromatic heterocycles. The van der Waals surface area contributed by atoms with Crippen LogP contribution in [-0.4, -0.2) is 23.9 Å². The summed E-state index contributed by atoms with van der Waals surface area (Å²) in [4.78, 5) is 14.2. The minimum atomic E-state index is 0.333. The lowest BCUT2D eigenvalue weighted by molar-refractivity contribution is -0.132. The van der Waals surface area contributed by atoms with E-state index in [4.69, 9.17) is 0 Å². The van der Waals surface area contributed by atoms with Crippen molar-refractivity contribution in [3.63, 3.8) is 0 Å². The zero-order valence-corrected chi connectivity index (χ0v) is 12.8. The van der Waals surface area contributed by atoms with Gasteiger partial charge in [0.15, 0.2) is 0 Å². The van der Waals surface area contributed by atoms with Crippen molar-refractivity contribution in [1.29, 1.82) is 0 Å². The van der Waals surface area contributed by atoms with E-state index in [0.717, 1.165) is 45.2 Å². The van der Waals surface area contributed by atoms with E-state index in [1.807, 2.05) is 4.90 Å². The third kappa shape index (κ3) is 7.19. The first kappa shape index (κ1) is 16.0. The highest BCUT2D eigenvalue weighted by Gasteiger charge is 2.33. The second-order valence-corrected chi connectivity index (χ2v) is 5.84. The van der Waals surface area contributed by atoms with Gasteiger partial charge in [-0.15, -0.1) is 0 Å². The lowest BCUT2D eigenvalue weighted by Crippen LogP contribution is -2.35. The smallest absolute Gasteiger partial charge is 0.225 e. The molecule has 1 saturated carbocycles. The fourth-order valence-corrected chi connectivity index (χ4v) is 2.08. The van der Waals surface area contributed by atoms with Crippen molar-refractivity contribution < 1.29 is 4.79 Å². The van der Waals surface area contributed by atoms with Crippen LogP contribution in [0, 0.1) is 11.8 Å². The van der Waals surface area contributed by atoms with Gasteiger partial charge >= 0.3 is 0 Å². The molecule has 19 heavy (non-hydrogen) atoms. The Kier molecular flexibility index (Phi) is 7.54. The molecule has 1 aliphatic carbocycles. The summed E-state index contributed by atoms with van der Waals surface area (Å²) >= 11 is 0. The molecule has 0 heterocycles. The van der Waals surface area contributed by atoms with Gasteiger partial charge in [0.2, 0.25) is 5.91 Å². The fraction of sp³-hybridized carbons (Fsp3) is 0.706. The van der Waals surface area contributed by atoms with Gasteiger partial charge in [0, 0.05) is 19.0 Å². The van der Waals surface area contributed by atoms with Gasteiger partial charge < -0.3 is 4.90 Å². The van der Waals surface area contributed by atoms with Gasteiger partial charge in [0.25, 0.3) is 0 Å². The minimum absolute atomic E-state index is 0.333. The lowest BCUT2D eigenvalue weighted by atomic mass is 10.2. The van der Waals surface area contributed by atoms with Crippen molar-refractivity contribution in [2.24, 2.45) is 11.8 Å². The Bertz CT molecular complexity index is 313. The first-order valence-corrected chi connectivity index (χ1v) is 7.74. The average molecular weight is 263 g/mol. The zero-order chi connectivity index (χ0) is 14.1. The van der Waals surface area contributed by atoms with Gasteiger partial charge in [-0.05, 0) is 38.0 Å². The second-order valence-electron chi connectivity index (χ2n) is 5.84. The number of allylic oxidation sites excluding steroid dienone is 3. The van der Waals surface area contributed by atoms with E-state index in [0.29, 0.717) is 17.7 Å². The minimum Gasteiger partial charge on any atom is -0.338 e. The number of carbonyl (C=O) groups excluding carboxylic acids is 1. The Morgan fingerprint density at radius 3 is 2.32 bits per heavy atom. The van der Waals surface area contributed by atoms with Crippen LogP contribution < -0.4 is 0 Å². The van der Waals surface area contributed by atoms with Crippen LogP contribution in [-0.2, 0) is 4.79 Å². The van der Waals surface area contributed by atoms with Crippen LogP contribution in [0.15, 0.2) is 24.3 Å². The third-order valence-electron chi connectivity index (χ3n) is 3.22. The van der Waals surface area contributed by atoms with Gasteiger partial charge in [-0.2, -0.15) is 0 Å². The molecule has 1 rings (SSSR count). The number of hydrogen-bond acceptors (Lipinski definition) is 1. The Labute approximate surface area is 118 Å². The van der Waals surface area contributed by atoms with E-state index in [2.05, 4.69) is 45.1 Å². The number of unbranched alkanes of at least 4 members (excludes halogenated alkanes) is 1. The molecule has 0 atom stereocenters. The summed E-state index contributed by atoms with van der Waals surface area (Å²) in [6.45, 7) is 8.17. The summed E-state index contributed by atoms with van der Waals surface area (Å²) in [5.41, 5.74) is 0. The van der Waals surface area contributed by atoms with Crippen molar-refractivity contribution in [2.45, 2.75) is 52.9 Å². The molecule has 2 heteroatoms. The van der Waals surface area contributed by atoms with Crippen LogP contribution >= 0.6 is 0 Å². The summed E-state index contributed by atoms with van der Waals surface area (Å²) in [7, 11) is 0. The molecule has 0 aromatic carbocycles. The molecule has 0 aromatic rings. The molecule has 0 bridgehead atoms. The predicted molar refractivity (Wildman–Crippen MR) is 81.9 cm³/mol. The number of hydrogen-bond donors (Lipinski definition) is 0. The topological polar surface area (TPSA) is 20.3 Å². The first-order chi connectivity index (χ1) is 9.15. The first-order valence-electron chi connectivity index (χ1n) is 7.74. The SMILES string of the molecule is CC/C=C\CC/C=C/CN(CC(C)C)C(=O)C1CC1. The molecule has 108 valence electrons. The molecule has 0 unspecified atom stereocenters. The normalized spacial score (nSPS) is 15.8. The van der Waals surface area contributed by atoms with Gasteiger partial charge in [0.05, 0.1) is 0 Å². The van der Waals surface area contributed by atoms with Gasteiger partial charge in [-0.25, -0.2) is 0 Å². The van der Waals surface area contributed by atoms with Crippen LogP contribution in [0.5, 0.6) is 0 Å². The number of amides is 1. The van der Waals surface area contributed by atoms with Crippen molar-refractivity contribution in [1.82, 2.24) is 4.90 Å². The Morgan fingerprint density at radius 1 is 1.16 bits per heavy atom. The molecule has 0 radical (unpaired) electrons. The highest BCUT2D eigenvalue weighted by Crippen LogP contribution is 2.31. The van der Waals surface area contributed by atoms with E-state index in [1.54, 1.807) is 0 Å². The monoisotopic (exact) mass is 263 g/mol. The Hall–Kier alpha value is -1.05. The molecule has 0 saturated heterocycles. The van der Waals surface area contributed by atoms with E-state index in [9.17, 15) is 4.79 Å². The zero-order valence-electron chi connectivity index (χ0n) is 12.8. The molecule has 1 fully saturated rings. The van der Waals surface area contributed by atoms with Crippen molar-refractivity contribution in [3.05, 3.63) is 24.3 Å². The molecule has 0 spiro atoms. The highest BCUT2D eigenvalue weighted by molar-refractivity contribution is 5.81. The standard InChI is InChI=1S/C17H29NO/c1-4-5-6-7-8-9-10-13-18(14-15(2)3)17(19)16-11-12-16/h5-6,9-10,15-16H,4,7-8,11-14H2,1-3H3/b6-5-,10-9+. The van der Waals surface area contributed by atoms with Crippen LogP contribution in [0.4, 0.5) is 0 Å². The highest BCUT2D eigenvalue weighted by atomic mass is 16.2. The number of carbonyl (C=O) groups is 1. The lowest BCUT2D eigenvalue weighted by Gasteiger charge is -2.23. The summed E-state index contributed by atoms with van der Waals surface area (Å²) in [6, 6.07) is 0. The average Bonchev–Trinajstić information content (AvgIpc) is 3.19. The summed E-state index contributed by atoms with van der Waals surface area (Å²) in [5.74, 6) is 1.24. The van der Waals surface area contributed by atoms with Gasteiger partial charge in [-0.1, -0.05) is 45.1 Å². The number of rotatable bonds is 9. The van der Waals surface area contributed by atoms with Gasteiger partial charge in [-0.3, -0.25) is 4.79 Å². The van der Waals surface area contributed by atoms with E-state index in [-0.39, 0.29) is 0 Å². The molecule has 1 aliphatic rings. The van der Waals surface area contributed by atoms with E-state index >= 15 is 0 Å². The van der Waals surface area contributed by atoms with Gasteiger partial charge in [0.1, 0.15) is 0 Å². The quantitative estimate of drug-likeness (QED) is 0.451. The van der Waals surface area contributed by atoms with E-state index in [1.165, 1.54) is 0 Å². The molecule has 0 aliphatic heterocycles. The molecule has 1 amide bonds. The van der Waals surface area contributed by atoms with Crippen LogP contribution in [0.1, 0.15) is 52.9 Å². The summed E-state index contributed by atoms with van der Waals surface area (Å²) in [5, 5.41) is 0. The maximum Gasteiger partial charge on any atom is 0.225 e. The largest absolute Gasteiger partial charge is 0.338 e. The maximum atomic E-state index is 12.1. The summed E-state index contributed by atoms with van der Waals surface area (Å²) < 4.78 is 0. The Morgan fingerprint density at radius 2 is 1.79 bits per heavy atom. The van der Waals surface area contributed by atoms with Crippen LogP contribution in [0.2, 0.25) is 0 Å². The molecule has 0 N–H and O–H groups in total. The Balaban J connectivity index is 2.29. The van der Waals surface area contributed by atoms with Crippen LogP contribution in [0.3, 0.4) is 0 Å². The maximum absolute atomic E-state index is 12.1. The number of nitrogens with zero attached hydrogens (tertiary/aromatic N) is 1. The van der Waals surface area contributed by atoms with Crippen molar-refractivity contribution >= 4 is 5.91 Å². The third-order valence-corrected chi connectivity index (χ3v) is 3.22. The van der Waals surface area contributed by atoms with Crippen molar-refractivity contribution in [3.8, 4) is 0 Å². The fourth-order valence-electron chi connectivity index (χ4n) is 2.08. The molecular formula is C17H29NO. The van der Waals surface area contributed by atoms with E-state index < -0.39 is 0 Å². The van der Waals surface area contributed by atoms with Crippen LogP contribution in [0.25, 0.3) is 0 Å². The summed E-state index contributed by atoms with van der Waals surface area (Å²) in [6.07, 6.45) is 14.3. The van der Waals surface area contributed by atoms with Crippen molar-refractivity contribution in [2.75, 3.05) is 13.1 Å². The second kappa shape index (κ2) is 8.95. The molecule has 2 nitrogen and oxygen atoms in total. The predicted octanol–water partition coefficient (Wildman–Crippen LogP) is 4.18.